The Morgan fingerprint density at radius 2 is 0.878 bits per heavy atom. The molecule has 426 valence electrons. The minimum atomic E-state index is -0.839. The summed E-state index contributed by atoms with van der Waals surface area (Å²) in [6, 6.07) is 17.3. The van der Waals surface area contributed by atoms with Crippen molar-refractivity contribution in [2.24, 2.45) is 11.5 Å². The minimum absolute atomic E-state index is 0. The number of carbonyl (C=O) groups excluding carboxylic acids is 6. The normalized spacial score (nSPS) is 11.6. The molecule has 0 spiro atoms. The molecule has 0 fully saturated rings. The zero-order valence-corrected chi connectivity index (χ0v) is 46.2. The van der Waals surface area contributed by atoms with Gasteiger partial charge in [0.1, 0.15) is 30.5 Å². The summed E-state index contributed by atoms with van der Waals surface area (Å²) in [6.45, 7) is 16.0. The van der Waals surface area contributed by atoms with Gasteiger partial charge in [0.05, 0.1) is 58.9 Å². The molecule has 10 N–H and O–H groups in total. The van der Waals surface area contributed by atoms with Crippen molar-refractivity contribution in [3.8, 4) is 0 Å². The third kappa shape index (κ3) is 43.3. The van der Waals surface area contributed by atoms with Crippen LogP contribution < -0.4 is 43.4 Å². The predicted octanol–water partition coefficient (Wildman–Crippen LogP) is 4.62. The molecule has 0 bridgehead atoms. The Morgan fingerprint density at radius 3 is 1.31 bits per heavy atom. The van der Waals surface area contributed by atoms with Crippen LogP contribution in [0.2, 0.25) is 0 Å². The number of unbranched alkanes of at least 4 members (excludes halogenated alkanes) is 2. The number of amides is 6. The average molecular weight is 1140 g/mol. The maximum Gasteiger partial charge on any atom is 0.408 e. The molecule has 23 heteroatoms. The fourth-order valence-electron chi connectivity index (χ4n) is 5.72. The monoisotopic (exact) mass is 1140 g/mol. The van der Waals surface area contributed by atoms with Crippen molar-refractivity contribution < 1.29 is 87.1 Å². The first-order valence-corrected chi connectivity index (χ1v) is 24.6. The van der Waals surface area contributed by atoms with Gasteiger partial charge in [0.15, 0.2) is 0 Å². The van der Waals surface area contributed by atoms with Gasteiger partial charge in [0.2, 0.25) is 11.8 Å². The molecule has 2 aromatic rings. The van der Waals surface area contributed by atoms with Gasteiger partial charge in [-0.3, -0.25) is 9.59 Å². The Hall–Kier alpha value is -5.12. The first kappa shape index (κ1) is 71.0. The minimum Gasteiger partial charge on any atom is -0.445 e. The van der Waals surface area contributed by atoms with Crippen molar-refractivity contribution in [3.05, 3.63) is 79.2 Å². The molecule has 0 heterocycles. The van der Waals surface area contributed by atoms with E-state index in [0.29, 0.717) is 105 Å². The first-order chi connectivity index (χ1) is 34.4. The molecule has 0 aliphatic carbocycles. The van der Waals surface area contributed by atoms with Crippen LogP contribution in [0.15, 0.2) is 60.7 Å². The summed E-state index contributed by atoms with van der Waals surface area (Å²) in [5.74, 6) is -0.546. The van der Waals surface area contributed by atoms with Crippen LogP contribution in [0, 0.1) is 7.43 Å². The number of alkyl carbamates (subject to hydrolysis) is 4. The Labute approximate surface area is 452 Å². The SMILES string of the molecule is CC(C)(C)OC(=O)NCCOCCOCCNC(=O)C(CCCCNC(=O)OCc1ccccc1)NC(=O)OCc1ccccc1.CC(C)(C)OC(=O)NCCOCCOCCNC(=O)C(N)CCCCN.[CH3-].[Pd]. The second kappa shape index (κ2) is 44.2. The molecule has 0 radical (unpaired) electrons. The topological polar surface area (TPSA) is 300 Å². The molecule has 0 aliphatic rings. The van der Waals surface area contributed by atoms with Crippen molar-refractivity contribution in [2.45, 2.75) is 117 Å². The van der Waals surface area contributed by atoms with E-state index in [1.165, 1.54) is 0 Å². The second-order valence-corrected chi connectivity index (χ2v) is 18.0. The number of hydrogen-bond acceptors (Lipinski definition) is 16. The smallest absolute Gasteiger partial charge is 0.408 e. The van der Waals surface area contributed by atoms with E-state index in [1.807, 2.05) is 60.7 Å². The first-order valence-electron chi connectivity index (χ1n) is 24.6. The molecule has 2 rings (SSSR count). The summed E-state index contributed by atoms with van der Waals surface area (Å²) in [4.78, 5) is 72.0. The van der Waals surface area contributed by atoms with Crippen LogP contribution in [-0.2, 0) is 81.1 Å². The molecule has 22 nitrogen and oxygen atoms in total. The molecule has 0 saturated heterocycles. The van der Waals surface area contributed by atoms with E-state index < -0.39 is 47.7 Å². The summed E-state index contributed by atoms with van der Waals surface area (Å²) in [5, 5.41) is 16.0. The van der Waals surface area contributed by atoms with E-state index in [-0.39, 0.29) is 66.0 Å². The Balaban J connectivity index is 0. The third-order valence-electron chi connectivity index (χ3n) is 9.19. The molecule has 6 amide bonds. The maximum atomic E-state index is 12.9. The molecule has 74 heavy (non-hydrogen) atoms. The summed E-state index contributed by atoms with van der Waals surface area (Å²) in [7, 11) is 0. The summed E-state index contributed by atoms with van der Waals surface area (Å²) in [5.41, 5.74) is 11.8. The second-order valence-electron chi connectivity index (χ2n) is 18.0. The van der Waals surface area contributed by atoms with Crippen LogP contribution in [0.5, 0.6) is 0 Å². The number of ether oxygens (including phenoxy) is 8. The Bertz CT molecular complexity index is 1780. The van der Waals surface area contributed by atoms with Crippen LogP contribution in [0.1, 0.15) is 91.2 Å². The van der Waals surface area contributed by atoms with Crippen LogP contribution in [0.25, 0.3) is 0 Å². The van der Waals surface area contributed by atoms with Crippen molar-refractivity contribution in [1.82, 2.24) is 31.9 Å². The zero-order valence-electron chi connectivity index (χ0n) is 44.7. The quantitative estimate of drug-likeness (QED) is 0.0205. The van der Waals surface area contributed by atoms with Gasteiger partial charge >= 0.3 is 24.4 Å². The van der Waals surface area contributed by atoms with Gasteiger partial charge in [-0.2, -0.15) is 0 Å². The van der Waals surface area contributed by atoms with Crippen LogP contribution in [0.4, 0.5) is 19.2 Å². The van der Waals surface area contributed by atoms with Gasteiger partial charge in [0, 0.05) is 53.1 Å². The van der Waals surface area contributed by atoms with E-state index in [4.69, 9.17) is 49.4 Å². The van der Waals surface area contributed by atoms with Gasteiger partial charge in [-0.05, 0) is 91.3 Å². The molecular weight excluding hydrogens is 1060 g/mol. The van der Waals surface area contributed by atoms with Crippen molar-refractivity contribution in [1.29, 1.82) is 0 Å². The average Bonchev–Trinajstić information content (AvgIpc) is 3.33. The third-order valence-corrected chi connectivity index (χ3v) is 9.19. The van der Waals surface area contributed by atoms with E-state index in [0.717, 1.165) is 24.0 Å². The molecule has 0 aromatic heterocycles. The van der Waals surface area contributed by atoms with Crippen molar-refractivity contribution >= 4 is 36.2 Å². The van der Waals surface area contributed by atoms with Crippen LogP contribution in [0.3, 0.4) is 0 Å². The summed E-state index contributed by atoms with van der Waals surface area (Å²) in [6.07, 6.45) is 1.61. The largest absolute Gasteiger partial charge is 0.445 e. The number of carbonyl (C=O) groups is 6. The summed E-state index contributed by atoms with van der Waals surface area (Å²) < 4.78 is 42.3. The van der Waals surface area contributed by atoms with Crippen molar-refractivity contribution in [2.75, 3.05) is 92.1 Å². The van der Waals surface area contributed by atoms with E-state index >= 15 is 0 Å². The van der Waals surface area contributed by atoms with Gasteiger partial charge < -0.3 is 88.7 Å². The van der Waals surface area contributed by atoms with Gasteiger partial charge in [-0.15, -0.1) is 0 Å². The Kier molecular flexibility index (Phi) is 42.4. The number of hydrogen-bond donors (Lipinski definition) is 8. The maximum absolute atomic E-state index is 12.9. The number of benzene rings is 2. The van der Waals surface area contributed by atoms with E-state index in [1.54, 1.807) is 41.5 Å². The standard InChI is InChI=1S/C33H48N4O9.C17H36N4O5.CH3.Pd/c1-33(2,3)46-31(40)36-19-21-43-23-22-42-20-18-34-29(38)28(37-32(41)45-25-27-14-8-5-9-15-27)16-10-11-17-35-30(39)44-24-26-12-6-4-7-13-26;1-17(2,3)26-16(23)21-9-11-25-13-12-24-10-8-20-15(22)14(19)6-4-5-7-18;;/h4-9,12-15,28H,10-11,16-25H2,1-3H3,(H,34,38)(H,35,39)(H,36,40)(H,37,41);14H,4-13,18-19H2,1-3H3,(H,20,22)(H,21,23);1H3;/q;;-1;. The van der Waals surface area contributed by atoms with E-state index in [2.05, 4.69) is 31.9 Å². The zero-order chi connectivity index (χ0) is 53.3. The fourth-order valence-corrected chi connectivity index (χ4v) is 5.72. The van der Waals surface area contributed by atoms with Crippen molar-refractivity contribution in [3.63, 3.8) is 0 Å². The van der Waals surface area contributed by atoms with Gasteiger partial charge in [-0.1, -0.05) is 67.1 Å². The van der Waals surface area contributed by atoms with Crippen LogP contribution >= 0.6 is 0 Å². The molecule has 0 aliphatic heterocycles. The van der Waals surface area contributed by atoms with E-state index in [9.17, 15) is 28.8 Å². The molecule has 2 aromatic carbocycles. The predicted molar refractivity (Wildman–Crippen MR) is 277 cm³/mol. The molecule has 2 unspecified atom stereocenters. The Morgan fingerprint density at radius 1 is 0.486 bits per heavy atom. The number of nitrogens with two attached hydrogens (primary N) is 2. The van der Waals surface area contributed by atoms with Crippen LogP contribution in [-0.4, -0.2) is 152 Å². The summed E-state index contributed by atoms with van der Waals surface area (Å²) >= 11 is 0. The fraction of sp³-hybridized carbons (Fsp3) is 0.627. The van der Waals surface area contributed by atoms with Gasteiger partial charge in [0.25, 0.3) is 0 Å². The number of nitrogens with one attached hydrogen (secondary N) is 6. The molecular formula is C51H87N8O14Pd-. The molecule has 2 atom stereocenters. The van der Waals surface area contributed by atoms with Gasteiger partial charge in [-0.25, -0.2) is 19.2 Å². The number of rotatable bonds is 34. The molecule has 0 saturated carbocycles.